The average molecular weight is 555 g/mol. The molecule has 210 valence electrons. The van der Waals surface area contributed by atoms with E-state index in [1.165, 1.54) is 6.92 Å². The van der Waals surface area contributed by atoms with E-state index < -0.39 is 16.9 Å². The second-order valence-electron chi connectivity index (χ2n) is 11.5. The summed E-state index contributed by atoms with van der Waals surface area (Å²) >= 11 is 0. The minimum atomic E-state index is -1.63. The number of aromatic amines is 1. The Morgan fingerprint density at radius 3 is 1.86 bits per heavy atom. The molecule has 0 saturated carbocycles. The zero-order valence-corrected chi connectivity index (χ0v) is 24.1. The van der Waals surface area contributed by atoms with Gasteiger partial charge in [0.15, 0.2) is 0 Å². The lowest BCUT2D eigenvalue weighted by atomic mass is 9.62. The van der Waals surface area contributed by atoms with Crippen LogP contribution >= 0.6 is 0 Å². The van der Waals surface area contributed by atoms with E-state index in [1.54, 1.807) is 11.8 Å². The number of nitrogens with zero attached hydrogens (tertiary/aromatic N) is 1. The van der Waals surface area contributed by atoms with Gasteiger partial charge in [-0.05, 0) is 57.6 Å². The normalized spacial score (nSPS) is 14.5. The molecule has 0 fully saturated rings. The molecule has 0 spiro atoms. The molecule has 0 aliphatic rings. The summed E-state index contributed by atoms with van der Waals surface area (Å²) in [4.78, 5) is 32.3. The number of rotatable bonds is 8. The molecule has 6 rings (SSSR count). The summed E-state index contributed by atoms with van der Waals surface area (Å²) in [7, 11) is 0. The van der Waals surface area contributed by atoms with Crippen LogP contribution in [0, 0.1) is 0 Å². The molecule has 1 amide bonds. The zero-order chi connectivity index (χ0) is 29.5. The maximum atomic E-state index is 13.7. The van der Waals surface area contributed by atoms with Crippen molar-refractivity contribution in [2.24, 2.45) is 0 Å². The Morgan fingerprint density at radius 1 is 0.714 bits per heavy atom. The molecule has 5 heteroatoms. The van der Waals surface area contributed by atoms with Gasteiger partial charge in [0.25, 0.3) is 0 Å². The maximum absolute atomic E-state index is 13.7. The van der Waals surface area contributed by atoms with E-state index in [1.807, 2.05) is 98.0 Å². The molecule has 1 unspecified atom stereocenters. The van der Waals surface area contributed by atoms with Crippen molar-refractivity contribution in [1.82, 2.24) is 9.88 Å². The number of aliphatic carboxylic acids is 1. The minimum absolute atomic E-state index is 0.160. The Bertz CT molecular complexity index is 1950. The van der Waals surface area contributed by atoms with Crippen LogP contribution in [0.15, 0.2) is 115 Å². The maximum Gasteiger partial charge on any atom is 0.330 e. The van der Waals surface area contributed by atoms with E-state index in [4.69, 9.17) is 0 Å². The molecule has 5 nitrogen and oxygen atoms in total. The average Bonchev–Trinajstić information content (AvgIpc) is 3.44. The van der Waals surface area contributed by atoms with Crippen molar-refractivity contribution in [3.63, 3.8) is 0 Å². The summed E-state index contributed by atoms with van der Waals surface area (Å²) in [5, 5.41) is 16.4. The molecule has 42 heavy (non-hydrogen) atoms. The van der Waals surface area contributed by atoms with Crippen LogP contribution in [0.3, 0.4) is 0 Å². The van der Waals surface area contributed by atoms with Gasteiger partial charge in [-0.3, -0.25) is 4.79 Å². The topological polar surface area (TPSA) is 73.4 Å². The predicted octanol–water partition coefficient (Wildman–Crippen LogP) is 7.87. The minimum Gasteiger partial charge on any atom is -0.479 e. The number of nitrogens with one attached hydrogen (secondary N) is 1. The smallest absolute Gasteiger partial charge is 0.330 e. The SMILES string of the molecule is CC(=O)N(Cc1cccc2ccccc12)[C@](C)(C(=O)O)C(C)(Cc1cccc2ccccc12)c1c[nH]c2ccccc12. The van der Waals surface area contributed by atoms with Crippen LogP contribution in [0.1, 0.15) is 37.5 Å². The second kappa shape index (κ2) is 10.5. The lowest BCUT2D eigenvalue weighted by molar-refractivity contribution is -0.164. The van der Waals surface area contributed by atoms with Crippen LogP contribution in [0.5, 0.6) is 0 Å². The molecule has 0 bridgehead atoms. The quantitative estimate of drug-likeness (QED) is 0.201. The van der Waals surface area contributed by atoms with Crippen LogP contribution in [-0.4, -0.2) is 32.4 Å². The third-order valence-electron chi connectivity index (χ3n) is 9.23. The molecule has 0 saturated heterocycles. The highest BCUT2D eigenvalue weighted by molar-refractivity contribution is 5.93. The van der Waals surface area contributed by atoms with Crippen molar-refractivity contribution in [1.29, 1.82) is 0 Å². The van der Waals surface area contributed by atoms with Crippen molar-refractivity contribution >= 4 is 44.3 Å². The van der Waals surface area contributed by atoms with Crippen molar-refractivity contribution in [2.75, 3.05) is 0 Å². The largest absolute Gasteiger partial charge is 0.479 e. The molecular formula is C37H34N2O3. The fourth-order valence-corrected chi connectivity index (χ4v) is 6.72. The van der Waals surface area contributed by atoms with Crippen LogP contribution in [-0.2, 0) is 28.0 Å². The fraction of sp³-hybridized carbons (Fsp3) is 0.189. The van der Waals surface area contributed by atoms with Crippen LogP contribution in [0.25, 0.3) is 32.4 Å². The number of hydrogen-bond donors (Lipinski definition) is 2. The lowest BCUT2D eigenvalue weighted by Gasteiger charge is -2.50. The molecule has 2 N–H and O–H groups in total. The summed E-state index contributed by atoms with van der Waals surface area (Å²) in [6.07, 6.45) is 2.32. The summed E-state index contributed by atoms with van der Waals surface area (Å²) in [5.41, 5.74) is 1.05. The Hall–Kier alpha value is -4.90. The first-order chi connectivity index (χ1) is 20.2. The van der Waals surface area contributed by atoms with E-state index in [0.717, 1.165) is 49.1 Å². The van der Waals surface area contributed by atoms with Crippen molar-refractivity contribution < 1.29 is 14.7 Å². The third-order valence-corrected chi connectivity index (χ3v) is 9.23. The number of carbonyl (C=O) groups excluding carboxylic acids is 1. The first-order valence-corrected chi connectivity index (χ1v) is 14.3. The number of amides is 1. The van der Waals surface area contributed by atoms with Gasteiger partial charge in [0.2, 0.25) is 5.91 Å². The number of benzene rings is 5. The van der Waals surface area contributed by atoms with Gasteiger partial charge < -0.3 is 15.0 Å². The Balaban J connectivity index is 1.60. The number of carboxylic acids is 1. The van der Waals surface area contributed by atoms with Crippen LogP contribution in [0.4, 0.5) is 0 Å². The fourth-order valence-electron chi connectivity index (χ4n) is 6.72. The van der Waals surface area contributed by atoms with Gasteiger partial charge in [0.1, 0.15) is 5.54 Å². The van der Waals surface area contributed by atoms with Gasteiger partial charge in [-0.15, -0.1) is 0 Å². The zero-order valence-electron chi connectivity index (χ0n) is 24.1. The summed E-state index contributed by atoms with van der Waals surface area (Å²) in [5.74, 6) is -1.34. The highest BCUT2D eigenvalue weighted by atomic mass is 16.4. The third kappa shape index (κ3) is 4.33. The molecule has 5 aromatic carbocycles. The van der Waals surface area contributed by atoms with E-state index in [-0.39, 0.29) is 12.5 Å². The van der Waals surface area contributed by atoms with Gasteiger partial charge in [0, 0.05) is 36.0 Å². The van der Waals surface area contributed by atoms with Gasteiger partial charge in [-0.1, -0.05) is 110 Å². The second-order valence-corrected chi connectivity index (χ2v) is 11.5. The molecule has 2 atom stereocenters. The standard InChI is InChI=1S/C37H34N2O3/c1-25(40)39(24-29-17-11-15-27-13-5-7-19-31(27)29)37(3,35(41)42)36(2,33-23-38-34-21-9-8-20-32(33)34)22-28-16-10-14-26-12-4-6-18-30(26)28/h4-21,23,38H,22,24H2,1-3H3,(H,41,42)/t36?,37-/m1/s1. The molecular weight excluding hydrogens is 520 g/mol. The van der Waals surface area contributed by atoms with E-state index in [2.05, 4.69) is 29.2 Å². The van der Waals surface area contributed by atoms with Crippen molar-refractivity contribution in [3.8, 4) is 0 Å². The predicted molar refractivity (Wildman–Crippen MR) is 170 cm³/mol. The summed E-state index contributed by atoms with van der Waals surface area (Å²) in [6, 6.07) is 36.2. The van der Waals surface area contributed by atoms with Gasteiger partial charge in [-0.2, -0.15) is 0 Å². The highest BCUT2D eigenvalue weighted by Gasteiger charge is 2.57. The lowest BCUT2D eigenvalue weighted by Crippen LogP contribution is -2.65. The highest BCUT2D eigenvalue weighted by Crippen LogP contribution is 2.46. The van der Waals surface area contributed by atoms with Crippen molar-refractivity contribution in [3.05, 3.63) is 132 Å². The first-order valence-electron chi connectivity index (χ1n) is 14.3. The molecule has 0 aliphatic heterocycles. The van der Waals surface area contributed by atoms with E-state index in [0.29, 0.717) is 6.42 Å². The van der Waals surface area contributed by atoms with E-state index >= 15 is 0 Å². The number of H-pyrrole nitrogens is 1. The van der Waals surface area contributed by atoms with Gasteiger partial charge >= 0.3 is 5.97 Å². The molecule has 0 aliphatic carbocycles. The molecule has 1 heterocycles. The molecule has 1 aromatic heterocycles. The Kier molecular flexibility index (Phi) is 6.82. The Labute approximate surface area is 245 Å². The van der Waals surface area contributed by atoms with Gasteiger partial charge in [0.05, 0.1) is 0 Å². The number of carboxylic acid groups (broad SMARTS) is 1. The Morgan fingerprint density at radius 2 is 1.24 bits per heavy atom. The van der Waals surface area contributed by atoms with Gasteiger partial charge in [-0.25, -0.2) is 4.79 Å². The molecule has 6 aromatic rings. The number of hydrogen-bond acceptors (Lipinski definition) is 2. The first kappa shape index (κ1) is 27.3. The van der Waals surface area contributed by atoms with Crippen molar-refractivity contribution in [2.45, 2.75) is 44.7 Å². The number of carbonyl (C=O) groups is 2. The molecule has 0 radical (unpaired) electrons. The van der Waals surface area contributed by atoms with E-state index in [9.17, 15) is 14.7 Å². The number of aromatic nitrogens is 1. The number of para-hydroxylation sites is 1. The monoisotopic (exact) mass is 554 g/mol. The van der Waals surface area contributed by atoms with Crippen LogP contribution < -0.4 is 0 Å². The number of fused-ring (bicyclic) bond motifs is 3. The summed E-state index contributed by atoms with van der Waals surface area (Å²) < 4.78 is 0. The summed E-state index contributed by atoms with van der Waals surface area (Å²) in [6.45, 7) is 5.35. The van der Waals surface area contributed by atoms with Crippen LogP contribution in [0.2, 0.25) is 0 Å².